The minimum atomic E-state index is -0.347. The van der Waals surface area contributed by atoms with Gasteiger partial charge in [-0.05, 0) is 12.1 Å². The van der Waals surface area contributed by atoms with E-state index in [0.29, 0.717) is 29.6 Å². The molecule has 0 aliphatic heterocycles. The van der Waals surface area contributed by atoms with Crippen molar-refractivity contribution in [3.63, 3.8) is 0 Å². The molecule has 24 heavy (non-hydrogen) atoms. The van der Waals surface area contributed by atoms with Crippen LogP contribution in [-0.2, 0) is 12.8 Å². The standard InChI is InChI=1S/C19H15N3O2/c23-19-14-8-4-5-9-15(14)22-18(24-19)11-10-17-20-12-16(21-17)13-6-2-1-3-7-13/h1-9,12H,10-11H2,(H,20,21). The van der Waals surface area contributed by atoms with Gasteiger partial charge in [0.25, 0.3) is 0 Å². The number of benzene rings is 2. The van der Waals surface area contributed by atoms with Crippen molar-refractivity contribution in [3.8, 4) is 11.3 Å². The topological polar surface area (TPSA) is 71.8 Å². The summed E-state index contributed by atoms with van der Waals surface area (Å²) >= 11 is 0. The lowest BCUT2D eigenvalue weighted by Gasteiger charge is -2.00. The van der Waals surface area contributed by atoms with E-state index < -0.39 is 0 Å². The van der Waals surface area contributed by atoms with Crippen LogP contribution < -0.4 is 5.63 Å². The summed E-state index contributed by atoms with van der Waals surface area (Å²) in [6.07, 6.45) is 3.03. The Kier molecular flexibility index (Phi) is 3.67. The van der Waals surface area contributed by atoms with Gasteiger partial charge in [-0.3, -0.25) is 0 Å². The fourth-order valence-electron chi connectivity index (χ4n) is 2.64. The summed E-state index contributed by atoms with van der Waals surface area (Å²) in [6, 6.07) is 17.2. The minimum Gasteiger partial charge on any atom is -0.408 e. The molecule has 5 nitrogen and oxygen atoms in total. The number of rotatable bonds is 4. The minimum absolute atomic E-state index is 0.347. The number of nitrogens with one attached hydrogen (secondary N) is 1. The van der Waals surface area contributed by atoms with Crippen molar-refractivity contribution in [1.82, 2.24) is 15.0 Å². The molecule has 0 fully saturated rings. The average Bonchev–Trinajstić information content (AvgIpc) is 3.10. The van der Waals surface area contributed by atoms with Crippen LogP contribution >= 0.6 is 0 Å². The van der Waals surface area contributed by atoms with Gasteiger partial charge in [0.15, 0.2) is 5.89 Å². The van der Waals surface area contributed by atoms with Gasteiger partial charge in [-0.2, -0.15) is 0 Å². The van der Waals surface area contributed by atoms with Crippen LogP contribution in [0.5, 0.6) is 0 Å². The Morgan fingerprint density at radius 1 is 0.917 bits per heavy atom. The van der Waals surface area contributed by atoms with E-state index in [1.807, 2.05) is 48.7 Å². The van der Waals surface area contributed by atoms with E-state index >= 15 is 0 Å². The molecule has 0 amide bonds. The van der Waals surface area contributed by atoms with Crippen molar-refractivity contribution in [3.05, 3.63) is 82.9 Å². The molecule has 4 aromatic rings. The zero-order valence-corrected chi connectivity index (χ0v) is 12.9. The third kappa shape index (κ3) is 2.84. The maximum Gasteiger partial charge on any atom is 0.346 e. The van der Waals surface area contributed by atoms with E-state index in [-0.39, 0.29) is 5.63 Å². The van der Waals surface area contributed by atoms with Gasteiger partial charge >= 0.3 is 5.63 Å². The normalized spacial score (nSPS) is 11.0. The maximum absolute atomic E-state index is 12.0. The van der Waals surface area contributed by atoms with Gasteiger partial charge in [-0.15, -0.1) is 0 Å². The van der Waals surface area contributed by atoms with Crippen LogP contribution in [0.4, 0.5) is 0 Å². The van der Waals surface area contributed by atoms with E-state index in [1.54, 1.807) is 12.1 Å². The number of nitrogens with zero attached hydrogens (tertiary/aromatic N) is 2. The van der Waals surface area contributed by atoms with Gasteiger partial charge in [-0.1, -0.05) is 42.5 Å². The van der Waals surface area contributed by atoms with Crippen LogP contribution in [0.2, 0.25) is 0 Å². The van der Waals surface area contributed by atoms with Gasteiger partial charge in [0.2, 0.25) is 0 Å². The highest BCUT2D eigenvalue weighted by Gasteiger charge is 2.08. The molecule has 4 rings (SSSR count). The van der Waals surface area contributed by atoms with Crippen molar-refractivity contribution in [2.24, 2.45) is 0 Å². The lowest BCUT2D eigenvalue weighted by Crippen LogP contribution is -2.06. The number of H-pyrrole nitrogens is 1. The van der Waals surface area contributed by atoms with Crippen LogP contribution in [0.25, 0.3) is 22.2 Å². The van der Waals surface area contributed by atoms with E-state index in [2.05, 4.69) is 15.0 Å². The monoisotopic (exact) mass is 317 g/mol. The summed E-state index contributed by atoms with van der Waals surface area (Å²) in [6.45, 7) is 0. The molecule has 2 heterocycles. The third-order valence-electron chi connectivity index (χ3n) is 3.86. The second-order valence-corrected chi connectivity index (χ2v) is 5.51. The van der Waals surface area contributed by atoms with Crippen LogP contribution in [0.15, 0.2) is 70.0 Å². The number of hydrogen-bond donors (Lipinski definition) is 1. The molecule has 0 bridgehead atoms. The summed E-state index contributed by atoms with van der Waals surface area (Å²) in [7, 11) is 0. The molecular weight excluding hydrogens is 302 g/mol. The molecule has 5 heteroatoms. The van der Waals surface area contributed by atoms with Crippen molar-refractivity contribution < 1.29 is 4.42 Å². The predicted molar refractivity (Wildman–Crippen MR) is 91.7 cm³/mol. The van der Waals surface area contributed by atoms with Gasteiger partial charge < -0.3 is 9.40 Å². The quantitative estimate of drug-likeness (QED) is 0.626. The van der Waals surface area contributed by atoms with E-state index in [4.69, 9.17) is 4.42 Å². The summed E-state index contributed by atoms with van der Waals surface area (Å²) in [5.41, 5.74) is 2.28. The lowest BCUT2D eigenvalue weighted by atomic mass is 10.2. The highest BCUT2D eigenvalue weighted by atomic mass is 16.4. The molecule has 0 aliphatic rings. The second kappa shape index (κ2) is 6.12. The molecule has 0 spiro atoms. The molecule has 0 aliphatic carbocycles. The van der Waals surface area contributed by atoms with Crippen LogP contribution in [0.3, 0.4) is 0 Å². The summed E-state index contributed by atoms with van der Waals surface area (Å²) in [4.78, 5) is 24.1. The predicted octanol–water partition coefficient (Wildman–Crippen LogP) is 3.36. The van der Waals surface area contributed by atoms with Gasteiger partial charge in [-0.25, -0.2) is 14.8 Å². The Morgan fingerprint density at radius 3 is 2.58 bits per heavy atom. The molecule has 0 saturated carbocycles. The maximum atomic E-state index is 12.0. The molecule has 2 aromatic carbocycles. The van der Waals surface area contributed by atoms with E-state index in [1.165, 1.54) is 0 Å². The molecular formula is C19H15N3O2. The van der Waals surface area contributed by atoms with E-state index in [0.717, 1.165) is 17.1 Å². The highest BCUT2D eigenvalue weighted by Crippen LogP contribution is 2.16. The number of aryl methyl sites for hydroxylation is 2. The lowest BCUT2D eigenvalue weighted by molar-refractivity contribution is 0.442. The number of hydrogen-bond acceptors (Lipinski definition) is 4. The first-order valence-electron chi connectivity index (χ1n) is 7.78. The zero-order chi connectivity index (χ0) is 16.4. The first-order chi connectivity index (χ1) is 11.8. The number of fused-ring (bicyclic) bond motifs is 1. The van der Waals surface area contributed by atoms with Gasteiger partial charge in [0, 0.05) is 24.6 Å². The molecule has 1 N–H and O–H groups in total. The molecule has 0 radical (unpaired) electrons. The summed E-state index contributed by atoms with van der Waals surface area (Å²) < 4.78 is 5.30. The highest BCUT2D eigenvalue weighted by molar-refractivity contribution is 5.76. The van der Waals surface area contributed by atoms with Crippen molar-refractivity contribution in [2.45, 2.75) is 12.8 Å². The number of imidazole rings is 1. The number of para-hydroxylation sites is 1. The van der Waals surface area contributed by atoms with E-state index in [9.17, 15) is 4.79 Å². The largest absolute Gasteiger partial charge is 0.408 e. The molecule has 0 saturated heterocycles. The average molecular weight is 317 g/mol. The first kappa shape index (κ1) is 14.4. The van der Waals surface area contributed by atoms with Crippen LogP contribution in [0.1, 0.15) is 11.7 Å². The fourth-order valence-corrected chi connectivity index (χ4v) is 2.64. The second-order valence-electron chi connectivity index (χ2n) is 5.51. The Hall–Kier alpha value is -3.21. The number of aromatic amines is 1. The molecule has 0 atom stereocenters. The van der Waals surface area contributed by atoms with Gasteiger partial charge in [0.05, 0.1) is 16.6 Å². The van der Waals surface area contributed by atoms with Crippen LogP contribution in [0, 0.1) is 0 Å². The molecule has 2 aromatic heterocycles. The van der Waals surface area contributed by atoms with Crippen molar-refractivity contribution in [1.29, 1.82) is 0 Å². The molecule has 0 unspecified atom stereocenters. The Morgan fingerprint density at radius 2 is 1.71 bits per heavy atom. The third-order valence-corrected chi connectivity index (χ3v) is 3.86. The smallest absolute Gasteiger partial charge is 0.346 e. The zero-order valence-electron chi connectivity index (χ0n) is 12.9. The van der Waals surface area contributed by atoms with Crippen molar-refractivity contribution in [2.75, 3.05) is 0 Å². The van der Waals surface area contributed by atoms with Gasteiger partial charge in [0.1, 0.15) is 5.82 Å². The summed E-state index contributed by atoms with van der Waals surface area (Å²) in [5, 5.41) is 0.505. The first-order valence-corrected chi connectivity index (χ1v) is 7.78. The SMILES string of the molecule is O=c1oc(CCc2nc(-c3ccccc3)c[nH]2)nc2ccccc12. The van der Waals surface area contributed by atoms with Crippen molar-refractivity contribution >= 4 is 10.9 Å². The Labute approximate surface area is 138 Å². The fraction of sp³-hybridized carbons (Fsp3) is 0.105. The number of aromatic nitrogens is 3. The van der Waals surface area contributed by atoms with Crippen LogP contribution in [-0.4, -0.2) is 15.0 Å². The summed E-state index contributed by atoms with van der Waals surface area (Å²) in [5.74, 6) is 1.27. The Bertz CT molecular complexity index is 1040. The molecule has 118 valence electrons. The Balaban J connectivity index is 1.53.